The largest absolute Gasteiger partial charge is 0.507 e. The van der Waals surface area contributed by atoms with Crippen LogP contribution in [0.25, 0.3) is 5.76 Å². The smallest absolute Gasteiger partial charge is 0.295 e. The standard InChI is InChI=1S/C29H34N2O6/c1-19(2)20-4-6-21(7-5-20)26-25(27(32)22-8-9-23-24(18-22)37-17-16-36-23)28(33)29(34)31(26)11-3-10-30-12-14-35-15-13-30/h4-9,18-19,26,32H,3,10-17H2,1-2H3/t26-/m1/s1. The van der Waals surface area contributed by atoms with Crippen molar-refractivity contribution in [2.24, 2.45) is 0 Å². The third kappa shape index (κ3) is 5.22. The van der Waals surface area contributed by atoms with E-state index in [-0.39, 0.29) is 11.3 Å². The van der Waals surface area contributed by atoms with Crippen LogP contribution in [0.5, 0.6) is 11.5 Å². The van der Waals surface area contributed by atoms with Crippen molar-refractivity contribution in [1.82, 2.24) is 9.80 Å². The molecule has 1 atom stereocenters. The minimum atomic E-state index is -0.670. The summed E-state index contributed by atoms with van der Waals surface area (Å²) in [4.78, 5) is 30.5. The first-order chi connectivity index (χ1) is 17.9. The van der Waals surface area contributed by atoms with Crippen molar-refractivity contribution >= 4 is 17.4 Å². The number of Topliss-reactive ketones (excluding diaryl/α,β-unsaturated/α-hetero) is 1. The van der Waals surface area contributed by atoms with Crippen molar-refractivity contribution in [1.29, 1.82) is 0 Å². The zero-order valence-electron chi connectivity index (χ0n) is 21.4. The fraction of sp³-hybridized carbons (Fsp3) is 0.448. The van der Waals surface area contributed by atoms with Crippen molar-refractivity contribution in [2.75, 3.05) is 52.6 Å². The predicted octanol–water partition coefficient (Wildman–Crippen LogP) is 3.73. The fourth-order valence-electron chi connectivity index (χ4n) is 5.16. The van der Waals surface area contributed by atoms with E-state index in [1.165, 1.54) is 5.56 Å². The Morgan fingerprint density at radius 3 is 2.35 bits per heavy atom. The Bertz CT molecular complexity index is 1180. The number of rotatable bonds is 7. The van der Waals surface area contributed by atoms with E-state index in [2.05, 4.69) is 18.7 Å². The van der Waals surface area contributed by atoms with Gasteiger partial charge in [0.05, 0.1) is 24.8 Å². The van der Waals surface area contributed by atoms with E-state index in [4.69, 9.17) is 14.2 Å². The average Bonchev–Trinajstić information content (AvgIpc) is 3.18. The molecule has 2 fully saturated rings. The summed E-state index contributed by atoms with van der Waals surface area (Å²) in [6, 6.07) is 12.4. The molecule has 2 saturated heterocycles. The summed E-state index contributed by atoms with van der Waals surface area (Å²) in [6.45, 7) is 9.48. The Morgan fingerprint density at radius 1 is 0.946 bits per heavy atom. The Balaban J connectivity index is 1.49. The molecule has 0 aliphatic carbocycles. The highest BCUT2D eigenvalue weighted by atomic mass is 16.6. The van der Waals surface area contributed by atoms with Crippen LogP contribution in [0.1, 0.15) is 48.9 Å². The predicted molar refractivity (Wildman–Crippen MR) is 139 cm³/mol. The van der Waals surface area contributed by atoms with Gasteiger partial charge in [-0.2, -0.15) is 0 Å². The maximum absolute atomic E-state index is 13.4. The quantitative estimate of drug-likeness (QED) is 0.348. The lowest BCUT2D eigenvalue weighted by atomic mass is 9.93. The summed E-state index contributed by atoms with van der Waals surface area (Å²) in [5, 5.41) is 11.4. The van der Waals surface area contributed by atoms with Crippen molar-refractivity contribution in [3.8, 4) is 11.5 Å². The molecule has 2 aromatic carbocycles. The lowest BCUT2D eigenvalue weighted by molar-refractivity contribution is -0.140. The van der Waals surface area contributed by atoms with E-state index in [1.54, 1.807) is 23.1 Å². The zero-order chi connectivity index (χ0) is 25.9. The van der Waals surface area contributed by atoms with Gasteiger partial charge in [0.1, 0.15) is 19.0 Å². The van der Waals surface area contributed by atoms with E-state index in [0.717, 1.165) is 31.6 Å². The van der Waals surface area contributed by atoms with Crippen molar-refractivity contribution in [3.63, 3.8) is 0 Å². The minimum absolute atomic E-state index is 0.102. The number of amides is 1. The molecule has 8 nitrogen and oxygen atoms in total. The molecule has 2 aromatic rings. The second kappa shape index (κ2) is 10.9. The molecule has 0 bridgehead atoms. The van der Waals surface area contributed by atoms with Crippen molar-refractivity contribution < 1.29 is 28.9 Å². The third-order valence-corrected chi connectivity index (χ3v) is 7.25. The Morgan fingerprint density at radius 2 is 1.65 bits per heavy atom. The van der Waals surface area contributed by atoms with Crippen LogP contribution in [0.2, 0.25) is 0 Å². The van der Waals surface area contributed by atoms with E-state index in [9.17, 15) is 14.7 Å². The molecule has 196 valence electrons. The number of carbonyl (C=O) groups is 2. The summed E-state index contributed by atoms with van der Waals surface area (Å²) in [7, 11) is 0. The van der Waals surface area contributed by atoms with Gasteiger partial charge in [-0.1, -0.05) is 38.1 Å². The van der Waals surface area contributed by atoms with Crippen LogP contribution < -0.4 is 9.47 Å². The molecule has 8 heteroatoms. The van der Waals surface area contributed by atoms with E-state index >= 15 is 0 Å². The van der Waals surface area contributed by atoms with Crippen molar-refractivity contribution in [2.45, 2.75) is 32.2 Å². The van der Waals surface area contributed by atoms with Crippen LogP contribution in [0.4, 0.5) is 0 Å². The highest BCUT2D eigenvalue weighted by molar-refractivity contribution is 6.46. The minimum Gasteiger partial charge on any atom is -0.507 e. The van der Waals surface area contributed by atoms with Crippen LogP contribution in [-0.2, 0) is 14.3 Å². The summed E-state index contributed by atoms with van der Waals surface area (Å²) >= 11 is 0. The number of benzene rings is 2. The maximum atomic E-state index is 13.4. The summed E-state index contributed by atoms with van der Waals surface area (Å²) in [6.07, 6.45) is 0.720. The van der Waals surface area contributed by atoms with Crippen LogP contribution in [0, 0.1) is 0 Å². The van der Waals surface area contributed by atoms with Gasteiger partial charge in [0, 0.05) is 31.7 Å². The molecule has 1 N–H and O–H groups in total. The summed E-state index contributed by atoms with van der Waals surface area (Å²) in [5.74, 6) is -0.00800. The van der Waals surface area contributed by atoms with Gasteiger partial charge in [0.25, 0.3) is 11.7 Å². The number of hydrogen-bond acceptors (Lipinski definition) is 7. The number of ketones is 1. The number of fused-ring (bicyclic) bond motifs is 1. The molecular weight excluding hydrogens is 472 g/mol. The van der Waals surface area contributed by atoms with Gasteiger partial charge in [-0.05, 0) is 41.7 Å². The van der Waals surface area contributed by atoms with Gasteiger partial charge in [0.2, 0.25) is 0 Å². The SMILES string of the molecule is CC(C)c1ccc([C@@H]2C(=C(O)c3ccc4c(c3)OCCO4)C(=O)C(=O)N2CCCN2CCOCC2)cc1. The third-order valence-electron chi connectivity index (χ3n) is 7.25. The van der Waals surface area contributed by atoms with E-state index in [0.29, 0.717) is 56.0 Å². The first kappa shape index (κ1) is 25.3. The van der Waals surface area contributed by atoms with Crippen LogP contribution >= 0.6 is 0 Å². The zero-order valence-corrected chi connectivity index (χ0v) is 21.4. The molecule has 3 aliphatic rings. The lowest BCUT2D eigenvalue weighted by Crippen LogP contribution is -2.38. The second-order valence-corrected chi connectivity index (χ2v) is 9.98. The molecular formula is C29H34N2O6. The molecule has 5 rings (SSSR count). The highest BCUT2D eigenvalue weighted by Crippen LogP contribution is 2.41. The molecule has 0 aromatic heterocycles. The Labute approximate surface area is 217 Å². The van der Waals surface area contributed by atoms with Crippen molar-refractivity contribution in [3.05, 3.63) is 64.7 Å². The van der Waals surface area contributed by atoms with Crippen LogP contribution in [0.3, 0.4) is 0 Å². The average molecular weight is 507 g/mol. The highest BCUT2D eigenvalue weighted by Gasteiger charge is 2.46. The summed E-state index contributed by atoms with van der Waals surface area (Å²) in [5.41, 5.74) is 2.48. The lowest BCUT2D eigenvalue weighted by Gasteiger charge is -2.29. The van der Waals surface area contributed by atoms with Gasteiger partial charge in [-0.15, -0.1) is 0 Å². The van der Waals surface area contributed by atoms with Gasteiger partial charge in [0.15, 0.2) is 11.5 Å². The maximum Gasteiger partial charge on any atom is 0.295 e. The van der Waals surface area contributed by atoms with E-state index in [1.807, 2.05) is 24.3 Å². The van der Waals surface area contributed by atoms with Gasteiger partial charge in [-0.25, -0.2) is 0 Å². The van der Waals surface area contributed by atoms with Gasteiger partial charge in [-0.3, -0.25) is 14.5 Å². The Hall–Kier alpha value is -3.36. The van der Waals surface area contributed by atoms with Gasteiger partial charge >= 0.3 is 0 Å². The molecule has 0 radical (unpaired) electrons. The van der Waals surface area contributed by atoms with E-state index < -0.39 is 17.7 Å². The molecule has 0 saturated carbocycles. The first-order valence-electron chi connectivity index (χ1n) is 13.0. The normalized spacial score (nSPS) is 21.6. The molecule has 3 heterocycles. The number of carbonyl (C=O) groups excluding carboxylic acids is 2. The second-order valence-electron chi connectivity index (χ2n) is 9.98. The monoisotopic (exact) mass is 506 g/mol. The molecule has 0 spiro atoms. The van der Waals surface area contributed by atoms with Crippen LogP contribution in [-0.4, -0.2) is 79.2 Å². The fourth-order valence-corrected chi connectivity index (χ4v) is 5.16. The Kier molecular flexibility index (Phi) is 7.48. The molecule has 1 amide bonds. The molecule has 3 aliphatic heterocycles. The first-order valence-corrected chi connectivity index (χ1v) is 13.0. The number of aliphatic hydroxyl groups excluding tert-OH is 1. The number of hydrogen-bond donors (Lipinski definition) is 1. The van der Waals surface area contributed by atoms with Crippen LogP contribution in [0.15, 0.2) is 48.0 Å². The van der Waals surface area contributed by atoms with Gasteiger partial charge < -0.3 is 24.2 Å². The topological polar surface area (TPSA) is 88.5 Å². The number of aliphatic hydroxyl groups is 1. The number of nitrogens with zero attached hydrogens (tertiary/aromatic N) is 2. The number of morpholine rings is 1. The molecule has 37 heavy (non-hydrogen) atoms. The summed E-state index contributed by atoms with van der Waals surface area (Å²) < 4.78 is 16.7. The molecule has 0 unspecified atom stereocenters. The number of ether oxygens (including phenoxy) is 3. The number of likely N-dealkylation sites (tertiary alicyclic amines) is 1.